The minimum Gasteiger partial charge on any atom is -0.339 e. The van der Waals surface area contributed by atoms with Gasteiger partial charge in [0.1, 0.15) is 6.17 Å². The smallest absolute Gasteiger partial charge is 0.228 e. The molecule has 0 radical (unpaired) electrons. The summed E-state index contributed by atoms with van der Waals surface area (Å²) in [7, 11) is 0. The first kappa shape index (κ1) is 21.3. The minimum atomic E-state index is -1.80. The Kier molecular flexibility index (Phi) is 7.98. The summed E-state index contributed by atoms with van der Waals surface area (Å²) in [5.74, 6) is -0.301. The Morgan fingerprint density at radius 1 is 1.08 bits per heavy atom. The van der Waals surface area contributed by atoms with Crippen molar-refractivity contribution in [1.29, 1.82) is 0 Å². The van der Waals surface area contributed by atoms with Crippen LogP contribution in [0.15, 0.2) is 59.1 Å². The van der Waals surface area contributed by atoms with Crippen molar-refractivity contribution in [2.45, 2.75) is 16.4 Å². The van der Waals surface area contributed by atoms with Crippen LogP contribution in [0.5, 0.6) is 0 Å². The summed E-state index contributed by atoms with van der Waals surface area (Å²) >= 11 is 26.5. The van der Waals surface area contributed by atoms with Gasteiger partial charge in [-0.25, -0.2) is 0 Å². The number of halogens is 4. The number of rotatable bonds is 5. The lowest BCUT2D eigenvalue weighted by Crippen LogP contribution is -2.56. The fraction of sp³-hybridized carbons (Fsp3) is 0.176. The van der Waals surface area contributed by atoms with Gasteiger partial charge in [0.2, 0.25) is 9.70 Å². The van der Waals surface area contributed by atoms with Crippen LogP contribution in [0.1, 0.15) is 5.56 Å². The Morgan fingerprint density at radius 3 is 2.38 bits per heavy atom. The summed E-state index contributed by atoms with van der Waals surface area (Å²) in [4.78, 5) is 12.3. The fourth-order valence-corrected chi connectivity index (χ4v) is 3.02. The Bertz CT molecular complexity index is 771. The van der Waals surface area contributed by atoms with E-state index in [1.807, 2.05) is 54.6 Å². The van der Waals surface area contributed by atoms with Crippen molar-refractivity contribution in [1.82, 2.24) is 10.6 Å². The van der Waals surface area contributed by atoms with Gasteiger partial charge in [-0.2, -0.15) is 0 Å². The van der Waals surface area contributed by atoms with E-state index in [0.29, 0.717) is 0 Å². The quantitative estimate of drug-likeness (QED) is 0.317. The molecular formula is C17H15BrCl3N3OS. The van der Waals surface area contributed by atoms with Crippen LogP contribution in [0.2, 0.25) is 0 Å². The van der Waals surface area contributed by atoms with Gasteiger partial charge in [-0.1, -0.05) is 87.1 Å². The van der Waals surface area contributed by atoms with Gasteiger partial charge < -0.3 is 16.0 Å². The lowest BCUT2D eigenvalue weighted by atomic mass is 10.1. The predicted octanol–water partition coefficient (Wildman–Crippen LogP) is 4.79. The third-order valence-electron chi connectivity index (χ3n) is 3.20. The number of nitrogens with one attached hydrogen (secondary N) is 3. The molecule has 0 aliphatic carbocycles. The van der Waals surface area contributed by atoms with Crippen molar-refractivity contribution < 1.29 is 4.79 Å². The highest BCUT2D eigenvalue weighted by Crippen LogP contribution is 2.29. The average Bonchev–Trinajstić information content (AvgIpc) is 2.54. The van der Waals surface area contributed by atoms with E-state index >= 15 is 0 Å². The summed E-state index contributed by atoms with van der Waals surface area (Å²) < 4.78 is -0.908. The number of carbonyl (C=O) groups excluding carboxylic acids is 1. The number of carbonyl (C=O) groups is 1. The van der Waals surface area contributed by atoms with E-state index < -0.39 is 9.96 Å². The second-order valence-electron chi connectivity index (χ2n) is 5.31. The van der Waals surface area contributed by atoms with Crippen LogP contribution in [-0.4, -0.2) is 21.0 Å². The number of hydrogen-bond donors (Lipinski definition) is 3. The molecule has 0 unspecified atom stereocenters. The fourth-order valence-electron chi connectivity index (χ4n) is 2.06. The second-order valence-corrected chi connectivity index (χ2v) is 9.01. The molecule has 2 rings (SSSR count). The number of hydrogen-bond acceptors (Lipinski definition) is 2. The van der Waals surface area contributed by atoms with Crippen LogP contribution in [0.4, 0.5) is 5.69 Å². The maximum atomic E-state index is 12.3. The van der Waals surface area contributed by atoms with E-state index in [9.17, 15) is 4.79 Å². The van der Waals surface area contributed by atoms with E-state index in [1.165, 1.54) is 0 Å². The van der Waals surface area contributed by atoms with E-state index in [-0.39, 0.29) is 17.4 Å². The van der Waals surface area contributed by atoms with Crippen molar-refractivity contribution in [3.63, 3.8) is 0 Å². The number of thiocarbonyl (C=S) groups is 1. The van der Waals surface area contributed by atoms with Gasteiger partial charge >= 0.3 is 0 Å². The topological polar surface area (TPSA) is 53.2 Å². The van der Waals surface area contributed by atoms with Crippen LogP contribution in [0, 0.1) is 0 Å². The molecule has 0 saturated carbocycles. The van der Waals surface area contributed by atoms with Crippen LogP contribution >= 0.6 is 63.0 Å². The Morgan fingerprint density at radius 2 is 1.77 bits per heavy atom. The molecule has 0 bridgehead atoms. The number of alkyl halides is 3. The van der Waals surface area contributed by atoms with Gasteiger partial charge in [0.15, 0.2) is 5.11 Å². The van der Waals surface area contributed by atoms with Crippen molar-refractivity contribution in [3.05, 3.63) is 64.6 Å². The monoisotopic (exact) mass is 493 g/mol. The van der Waals surface area contributed by atoms with Crippen molar-refractivity contribution in [2.75, 3.05) is 5.32 Å². The minimum absolute atomic E-state index is 0.158. The molecule has 0 aliphatic heterocycles. The van der Waals surface area contributed by atoms with Gasteiger partial charge in [0.25, 0.3) is 0 Å². The maximum Gasteiger partial charge on any atom is 0.228 e. The first-order valence-electron chi connectivity index (χ1n) is 7.47. The maximum absolute atomic E-state index is 12.3. The molecule has 2 aromatic rings. The zero-order valence-electron chi connectivity index (χ0n) is 13.3. The molecule has 138 valence electrons. The number of anilines is 1. The molecule has 0 fully saturated rings. The molecule has 0 spiro atoms. The first-order valence-corrected chi connectivity index (χ1v) is 9.80. The molecule has 0 heterocycles. The molecule has 4 nitrogen and oxygen atoms in total. The predicted molar refractivity (Wildman–Crippen MR) is 116 cm³/mol. The zero-order chi connectivity index (χ0) is 19.2. The van der Waals surface area contributed by atoms with Crippen molar-refractivity contribution in [2.24, 2.45) is 0 Å². The van der Waals surface area contributed by atoms with E-state index in [2.05, 4.69) is 31.9 Å². The highest BCUT2D eigenvalue weighted by molar-refractivity contribution is 9.10. The largest absolute Gasteiger partial charge is 0.339 e. The summed E-state index contributed by atoms with van der Waals surface area (Å²) in [5.41, 5.74) is 1.60. The Hall–Kier alpha value is -1.05. The SMILES string of the molecule is O=C(Cc1ccccc1)N[C@H](NC(=S)Nc1cccc(Br)c1)C(Cl)(Cl)Cl. The van der Waals surface area contributed by atoms with E-state index in [4.69, 9.17) is 47.0 Å². The third-order valence-corrected chi connectivity index (χ3v) is 4.57. The van der Waals surface area contributed by atoms with Gasteiger partial charge in [-0.05, 0) is 36.0 Å². The molecule has 0 aromatic heterocycles. The van der Waals surface area contributed by atoms with Gasteiger partial charge in [-0.15, -0.1) is 0 Å². The molecule has 3 N–H and O–H groups in total. The van der Waals surface area contributed by atoms with E-state index in [1.54, 1.807) is 0 Å². The van der Waals surface area contributed by atoms with Crippen LogP contribution in [0.3, 0.4) is 0 Å². The average molecular weight is 496 g/mol. The summed E-state index contributed by atoms with van der Waals surface area (Å²) in [6.07, 6.45) is -0.846. The van der Waals surface area contributed by atoms with Gasteiger partial charge in [0, 0.05) is 10.2 Å². The first-order chi connectivity index (χ1) is 12.2. The van der Waals surface area contributed by atoms with Gasteiger partial charge in [-0.3, -0.25) is 4.79 Å². The zero-order valence-corrected chi connectivity index (χ0v) is 18.0. The highest BCUT2D eigenvalue weighted by atomic mass is 79.9. The van der Waals surface area contributed by atoms with Crippen molar-refractivity contribution >= 4 is 79.7 Å². The Labute approximate surface area is 180 Å². The standard InChI is InChI=1S/C17H15BrCl3N3OS/c18-12-7-4-8-13(10-12)22-16(26)24-15(17(19,20)21)23-14(25)9-11-5-2-1-3-6-11/h1-8,10,15H,9H2,(H,23,25)(H2,22,24,26)/t15-/m1/s1. The second kappa shape index (κ2) is 9.76. The van der Waals surface area contributed by atoms with Crippen LogP contribution in [-0.2, 0) is 11.2 Å². The number of amides is 1. The van der Waals surface area contributed by atoms with Gasteiger partial charge in [0.05, 0.1) is 6.42 Å². The van der Waals surface area contributed by atoms with Crippen molar-refractivity contribution in [3.8, 4) is 0 Å². The lowest BCUT2D eigenvalue weighted by molar-refractivity contribution is -0.121. The van der Waals surface area contributed by atoms with Crippen LogP contribution in [0.25, 0.3) is 0 Å². The molecule has 0 aliphatic rings. The summed E-state index contributed by atoms with van der Waals surface area (Å²) in [6.45, 7) is 0. The molecule has 0 saturated heterocycles. The highest BCUT2D eigenvalue weighted by Gasteiger charge is 2.34. The molecule has 26 heavy (non-hydrogen) atoms. The molecule has 1 atom stereocenters. The third kappa shape index (κ3) is 7.29. The van der Waals surface area contributed by atoms with E-state index in [0.717, 1.165) is 15.7 Å². The molecular weight excluding hydrogens is 481 g/mol. The molecule has 1 amide bonds. The number of benzene rings is 2. The molecule has 9 heteroatoms. The normalized spacial score (nSPS) is 12.2. The Balaban J connectivity index is 1.98. The van der Waals surface area contributed by atoms with Crippen LogP contribution < -0.4 is 16.0 Å². The summed E-state index contributed by atoms with van der Waals surface area (Å²) in [5, 5.41) is 8.65. The lowest BCUT2D eigenvalue weighted by Gasteiger charge is -2.27. The summed E-state index contributed by atoms with van der Waals surface area (Å²) in [6, 6.07) is 16.7. The molecule has 2 aromatic carbocycles.